The van der Waals surface area contributed by atoms with Crippen molar-refractivity contribution in [2.45, 2.75) is 19.4 Å². The lowest BCUT2D eigenvalue weighted by molar-refractivity contribution is 0.0945. The van der Waals surface area contributed by atoms with Crippen molar-refractivity contribution in [3.8, 4) is 0 Å². The smallest absolute Gasteiger partial charge is 0.270 e. The number of carbonyl (C=O) groups excluding carboxylic acids is 1. The number of pyridine rings is 1. The third-order valence-corrected chi connectivity index (χ3v) is 4.19. The maximum atomic E-state index is 11.9. The van der Waals surface area contributed by atoms with Gasteiger partial charge in [-0.2, -0.15) is 0 Å². The SMILES string of the molecule is O=C(NCc1csc(N2CCCC2)n1)c1ccccn1. The topological polar surface area (TPSA) is 58.1 Å². The molecule has 5 nitrogen and oxygen atoms in total. The van der Waals surface area contributed by atoms with Crippen molar-refractivity contribution < 1.29 is 4.79 Å². The zero-order chi connectivity index (χ0) is 13.8. The van der Waals surface area contributed by atoms with Crippen LogP contribution in [0.15, 0.2) is 29.8 Å². The fourth-order valence-corrected chi connectivity index (χ4v) is 3.07. The molecule has 0 atom stereocenters. The molecule has 3 rings (SSSR count). The molecule has 6 heteroatoms. The van der Waals surface area contributed by atoms with Crippen LogP contribution in [0.4, 0.5) is 5.13 Å². The summed E-state index contributed by atoms with van der Waals surface area (Å²) in [5.74, 6) is -0.165. The maximum Gasteiger partial charge on any atom is 0.270 e. The van der Waals surface area contributed by atoms with E-state index in [2.05, 4.69) is 20.2 Å². The van der Waals surface area contributed by atoms with Crippen LogP contribution in [0.3, 0.4) is 0 Å². The van der Waals surface area contributed by atoms with Crippen LogP contribution in [0.5, 0.6) is 0 Å². The molecule has 0 aromatic carbocycles. The Morgan fingerprint density at radius 2 is 2.20 bits per heavy atom. The molecule has 0 bridgehead atoms. The summed E-state index contributed by atoms with van der Waals surface area (Å²) in [7, 11) is 0. The first-order valence-electron chi connectivity index (χ1n) is 6.71. The summed E-state index contributed by atoms with van der Waals surface area (Å²) in [6.07, 6.45) is 4.10. The van der Waals surface area contributed by atoms with Gasteiger partial charge in [-0.05, 0) is 25.0 Å². The van der Waals surface area contributed by atoms with Crippen LogP contribution >= 0.6 is 11.3 Å². The number of hydrogen-bond donors (Lipinski definition) is 1. The second-order valence-corrected chi connectivity index (χ2v) is 5.55. The van der Waals surface area contributed by atoms with E-state index in [1.165, 1.54) is 12.8 Å². The Balaban J connectivity index is 1.57. The molecule has 1 saturated heterocycles. The van der Waals surface area contributed by atoms with Gasteiger partial charge >= 0.3 is 0 Å². The summed E-state index contributed by atoms with van der Waals surface area (Å²) in [6.45, 7) is 2.63. The van der Waals surface area contributed by atoms with Gasteiger partial charge in [0.15, 0.2) is 5.13 Å². The van der Waals surface area contributed by atoms with Crippen molar-refractivity contribution in [2.24, 2.45) is 0 Å². The van der Waals surface area contributed by atoms with E-state index in [1.807, 2.05) is 5.38 Å². The summed E-state index contributed by atoms with van der Waals surface area (Å²) < 4.78 is 0. The van der Waals surface area contributed by atoms with Crippen LogP contribution in [-0.4, -0.2) is 29.0 Å². The second-order valence-electron chi connectivity index (χ2n) is 4.71. The van der Waals surface area contributed by atoms with Crippen molar-refractivity contribution in [3.05, 3.63) is 41.2 Å². The summed E-state index contributed by atoms with van der Waals surface area (Å²) in [5, 5.41) is 5.91. The first kappa shape index (κ1) is 13.1. The van der Waals surface area contributed by atoms with Gasteiger partial charge in [0.05, 0.1) is 12.2 Å². The van der Waals surface area contributed by atoms with E-state index < -0.39 is 0 Å². The van der Waals surface area contributed by atoms with Gasteiger partial charge in [0.25, 0.3) is 5.91 Å². The van der Waals surface area contributed by atoms with Crippen molar-refractivity contribution in [3.63, 3.8) is 0 Å². The molecule has 1 N–H and O–H groups in total. The number of amides is 1. The fourth-order valence-electron chi connectivity index (χ4n) is 2.19. The normalized spacial score (nSPS) is 14.5. The minimum Gasteiger partial charge on any atom is -0.348 e. The highest BCUT2D eigenvalue weighted by Crippen LogP contribution is 2.24. The van der Waals surface area contributed by atoms with Crippen molar-refractivity contribution >= 4 is 22.4 Å². The van der Waals surface area contributed by atoms with Crippen molar-refractivity contribution in [1.29, 1.82) is 0 Å². The second kappa shape index (κ2) is 6.00. The molecule has 0 unspecified atom stereocenters. The van der Waals surface area contributed by atoms with Crippen LogP contribution in [0.1, 0.15) is 29.0 Å². The van der Waals surface area contributed by atoms with Gasteiger partial charge in [0.2, 0.25) is 0 Å². The van der Waals surface area contributed by atoms with Gasteiger partial charge < -0.3 is 10.2 Å². The molecule has 3 heterocycles. The average molecular weight is 288 g/mol. The molecule has 1 amide bonds. The Morgan fingerprint density at radius 1 is 1.35 bits per heavy atom. The van der Waals surface area contributed by atoms with Crippen LogP contribution in [0.2, 0.25) is 0 Å². The van der Waals surface area contributed by atoms with Gasteiger partial charge in [-0.1, -0.05) is 6.07 Å². The van der Waals surface area contributed by atoms with E-state index in [1.54, 1.807) is 35.7 Å². The molecular weight excluding hydrogens is 272 g/mol. The highest BCUT2D eigenvalue weighted by Gasteiger charge is 2.15. The molecule has 20 heavy (non-hydrogen) atoms. The predicted octanol–water partition coefficient (Wildman–Crippen LogP) is 2.07. The van der Waals surface area contributed by atoms with E-state index >= 15 is 0 Å². The highest BCUT2D eigenvalue weighted by molar-refractivity contribution is 7.13. The van der Waals surface area contributed by atoms with E-state index in [0.717, 1.165) is 23.9 Å². The molecule has 0 radical (unpaired) electrons. The van der Waals surface area contributed by atoms with Gasteiger partial charge in [0, 0.05) is 24.7 Å². The van der Waals surface area contributed by atoms with Crippen molar-refractivity contribution in [1.82, 2.24) is 15.3 Å². The van der Waals surface area contributed by atoms with Crippen LogP contribution in [-0.2, 0) is 6.54 Å². The monoisotopic (exact) mass is 288 g/mol. The summed E-state index contributed by atoms with van der Waals surface area (Å²) in [5.41, 5.74) is 1.34. The number of hydrogen-bond acceptors (Lipinski definition) is 5. The summed E-state index contributed by atoms with van der Waals surface area (Å²) >= 11 is 1.64. The van der Waals surface area contributed by atoms with Crippen LogP contribution < -0.4 is 10.2 Å². The highest BCUT2D eigenvalue weighted by atomic mass is 32.1. The molecule has 2 aromatic rings. The fraction of sp³-hybridized carbons (Fsp3) is 0.357. The van der Waals surface area contributed by atoms with Crippen LogP contribution in [0.25, 0.3) is 0 Å². The largest absolute Gasteiger partial charge is 0.348 e. The first-order chi connectivity index (χ1) is 9.83. The zero-order valence-electron chi connectivity index (χ0n) is 11.1. The van der Waals surface area contributed by atoms with E-state index in [-0.39, 0.29) is 5.91 Å². The quantitative estimate of drug-likeness (QED) is 0.935. The summed E-state index contributed by atoms with van der Waals surface area (Å²) in [6, 6.07) is 5.29. The van der Waals surface area contributed by atoms with Gasteiger partial charge in [-0.3, -0.25) is 9.78 Å². The minimum atomic E-state index is -0.165. The lowest BCUT2D eigenvalue weighted by Gasteiger charge is -2.12. The van der Waals surface area contributed by atoms with Crippen molar-refractivity contribution in [2.75, 3.05) is 18.0 Å². The van der Waals surface area contributed by atoms with Gasteiger partial charge in [-0.25, -0.2) is 4.98 Å². The molecule has 1 fully saturated rings. The lowest BCUT2D eigenvalue weighted by Crippen LogP contribution is -2.24. The Morgan fingerprint density at radius 3 is 2.95 bits per heavy atom. The Kier molecular flexibility index (Phi) is 3.92. The Labute approximate surface area is 121 Å². The van der Waals surface area contributed by atoms with E-state index in [0.29, 0.717) is 12.2 Å². The van der Waals surface area contributed by atoms with Gasteiger partial charge in [-0.15, -0.1) is 11.3 Å². The third kappa shape index (κ3) is 2.96. The van der Waals surface area contributed by atoms with E-state index in [4.69, 9.17) is 0 Å². The molecular formula is C14H16N4OS. The molecule has 104 valence electrons. The molecule has 1 aliphatic rings. The molecule has 0 saturated carbocycles. The number of rotatable bonds is 4. The molecule has 2 aromatic heterocycles. The standard InChI is InChI=1S/C14H16N4OS/c19-13(12-5-1-2-6-15-12)16-9-11-10-20-14(17-11)18-7-3-4-8-18/h1-2,5-6,10H,3-4,7-9H2,(H,16,19). The lowest BCUT2D eigenvalue weighted by atomic mass is 10.3. The predicted molar refractivity (Wildman–Crippen MR) is 79.0 cm³/mol. The summed E-state index contributed by atoms with van der Waals surface area (Å²) in [4.78, 5) is 22.8. The first-order valence-corrected chi connectivity index (χ1v) is 7.59. The maximum absolute atomic E-state index is 11.9. The molecule has 0 spiro atoms. The number of anilines is 1. The number of aromatic nitrogens is 2. The molecule has 1 aliphatic heterocycles. The Hall–Kier alpha value is -1.95. The number of carbonyl (C=O) groups is 1. The third-order valence-electron chi connectivity index (χ3n) is 3.24. The number of nitrogens with one attached hydrogen (secondary N) is 1. The van der Waals surface area contributed by atoms with Crippen LogP contribution in [0, 0.1) is 0 Å². The minimum absolute atomic E-state index is 0.165. The number of thiazole rings is 1. The molecule has 0 aliphatic carbocycles. The van der Waals surface area contributed by atoms with Gasteiger partial charge in [0.1, 0.15) is 5.69 Å². The zero-order valence-corrected chi connectivity index (χ0v) is 11.9. The average Bonchev–Trinajstić information content (AvgIpc) is 3.16. The van der Waals surface area contributed by atoms with E-state index in [9.17, 15) is 4.79 Å². The Bertz CT molecular complexity index is 578. The number of nitrogens with zero attached hydrogens (tertiary/aromatic N) is 3.